The van der Waals surface area contributed by atoms with Gasteiger partial charge < -0.3 is 10.3 Å². The van der Waals surface area contributed by atoms with Crippen LogP contribution in [0.2, 0.25) is 0 Å². The molecule has 0 saturated heterocycles. The highest BCUT2D eigenvalue weighted by Crippen LogP contribution is 2.28. The molecule has 0 aromatic carbocycles. The highest BCUT2D eigenvalue weighted by atomic mass is 16.2. The van der Waals surface area contributed by atoms with Gasteiger partial charge in [-0.2, -0.15) is 0 Å². The number of rotatable bonds is 6. The van der Waals surface area contributed by atoms with Gasteiger partial charge in [0.1, 0.15) is 0 Å². The van der Waals surface area contributed by atoms with Crippen LogP contribution in [-0.4, -0.2) is 33.6 Å². The van der Waals surface area contributed by atoms with Crippen molar-refractivity contribution in [3.8, 4) is 0 Å². The molecule has 6 nitrogen and oxygen atoms in total. The van der Waals surface area contributed by atoms with Gasteiger partial charge in [0, 0.05) is 12.6 Å². The zero-order valence-corrected chi connectivity index (χ0v) is 10.6. The van der Waals surface area contributed by atoms with Gasteiger partial charge >= 0.3 is 0 Å². The number of carbonyl (C=O) groups excluding carboxylic acids is 1. The van der Waals surface area contributed by atoms with Crippen molar-refractivity contribution in [1.82, 2.24) is 15.1 Å². The first-order chi connectivity index (χ1) is 8.76. The summed E-state index contributed by atoms with van der Waals surface area (Å²) in [4.78, 5) is 14.2. The molecule has 1 aromatic rings. The molecule has 98 valence electrons. The Morgan fingerprint density at radius 3 is 2.78 bits per heavy atom. The number of nitrogens with zero attached hydrogens (tertiary/aromatic N) is 3. The Morgan fingerprint density at radius 1 is 1.50 bits per heavy atom. The van der Waals surface area contributed by atoms with E-state index in [4.69, 9.17) is 5.84 Å². The van der Waals surface area contributed by atoms with Crippen LogP contribution in [0.1, 0.15) is 43.1 Å². The standard InChI is InChI=1S/C12H19N5O/c1-2-3-8-17(9-4-5-9)12(18)10-6-7-11(14-13)16-15-10/h6-7,9H,2-5,8,13H2,1H3,(H,14,16). The maximum atomic E-state index is 12.3. The van der Waals surface area contributed by atoms with E-state index in [0.717, 1.165) is 32.2 Å². The minimum Gasteiger partial charge on any atom is -0.334 e. The number of anilines is 1. The smallest absolute Gasteiger partial charge is 0.274 e. The maximum absolute atomic E-state index is 12.3. The van der Waals surface area contributed by atoms with E-state index in [2.05, 4.69) is 22.5 Å². The fourth-order valence-corrected chi connectivity index (χ4v) is 1.84. The average Bonchev–Trinajstić information content (AvgIpc) is 3.24. The molecule has 2 rings (SSSR count). The predicted octanol–water partition coefficient (Wildman–Crippen LogP) is 1.17. The van der Waals surface area contributed by atoms with E-state index < -0.39 is 0 Å². The Balaban J connectivity index is 2.06. The summed E-state index contributed by atoms with van der Waals surface area (Å²) < 4.78 is 0. The fraction of sp³-hybridized carbons (Fsp3) is 0.583. The van der Waals surface area contributed by atoms with Crippen molar-refractivity contribution >= 4 is 11.7 Å². The number of nitrogens with two attached hydrogens (primary N) is 1. The topological polar surface area (TPSA) is 84.1 Å². The fourth-order valence-electron chi connectivity index (χ4n) is 1.84. The van der Waals surface area contributed by atoms with Crippen LogP contribution < -0.4 is 11.3 Å². The number of hydrogen-bond donors (Lipinski definition) is 2. The molecule has 18 heavy (non-hydrogen) atoms. The van der Waals surface area contributed by atoms with Crippen molar-refractivity contribution in [2.24, 2.45) is 5.84 Å². The van der Waals surface area contributed by atoms with Crippen LogP contribution in [0, 0.1) is 0 Å². The number of hydrogen-bond acceptors (Lipinski definition) is 5. The van der Waals surface area contributed by atoms with Gasteiger partial charge in [-0.15, -0.1) is 10.2 Å². The Morgan fingerprint density at radius 2 is 2.28 bits per heavy atom. The largest absolute Gasteiger partial charge is 0.334 e. The molecule has 3 N–H and O–H groups in total. The molecule has 0 atom stereocenters. The van der Waals surface area contributed by atoms with Crippen LogP contribution in [0.5, 0.6) is 0 Å². The van der Waals surface area contributed by atoms with Crippen LogP contribution in [0.3, 0.4) is 0 Å². The van der Waals surface area contributed by atoms with E-state index >= 15 is 0 Å². The Kier molecular flexibility index (Phi) is 4.09. The van der Waals surface area contributed by atoms with Crippen molar-refractivity contribution in [2.75, 3.05) is 12.0 Å². The van der Waals surface area contributed by atoms with Crippen molar-refractivity contribution in [2.45, 2.75) is 38.6 Å². The number of nitrogens with one attached hydrogen (secondary N) is 1. The van der Waals surface area contributed by atoms with E-state index in [1.165, 1.54) is 0 Å². The lowest BCUT2D eigenvalue weighted by Crippen LogP contribution is -2.34. The van der Waals surface area contributed by atoms with Crippen molar-refractivity contribution in [1.29, 1.82) is 0 Å². The molecule has 0 bridgehead atoms. The summed E-state index contributed by atoms with van der Waals surface area (Å²) in [5.74, 6) is 5.64. The third-order valence-corrected chi connectivity index (χ3v) is 3.03. The first-order valence-electron chi connectivity index (χ1n) is 6.37. The molecule has 1 fully saturated rings. The second kappa shape index (κ2) is 5.77. The van der Waals surface area contributed by atoms with Crippen LogP contribution in [0.15, 0.2) is 12.1 Å². The van der Waals surface area contributed by atoms with Gasteiger partial charge in [-0.05, 0) is 31.4 Å². The molecule has 0 radical (unpaired) electrons. The van der Waals surface area contributed by atoms with E-state index in [9.17, 15) is 4.79 Å². The average molecular weight is 249 g/mol. The van der Waals surface area contributed by atoms with Crippen LogP contribution >= 0.6 is 0 Å². The third kappa shape index (κ3) is 2.95. The molecule has 6 heteroatoms. The van der Waals surface area contributed by atoms with Gasteiger partial charge in [-0.1, -0.05) is 13.3 Å². The molecule has 0 spiro atoms. The molecule has 1 saturated carbocycles. The summed E-state index contributed by atoms with van der Waals surface area (Å²) in [6.45, 7) is 2.93. The van der Waals surface area contributed by atoms with E-state index in [1.54, 1.807) is 12.1 Å². The number of carbonyl (C=O) groups is 1. The molecular weight excluding hydrogens is 230 g/mol. The molecule has 1 amide bonds. The van der Waals surface area contributed by atoms with Gasteiger partial charge in [0.25, 0.3) is 5.91 Å². The summed E-state index contributed by atoms with van der Waals surface area (Å²) in [5.41, 5.74) is 2.78. The lowest BCUT2D eigenvalue weighted by Gasteiger charge is -2.21. The minimum atomic E-state index is -0.0259. The van der Waals surface area contributed by atoms with Crippen LogP contribution in [0.4, 0.5) is 5.82 Å². The lowest BCUT2D eigenvalue weighted by atomic mass is 10.2. The molecule has 1 aromatic heterocycles. The minimum absolute atomic E-state index is 0.0259. The van der Waals surface area contributed by atoms with Gasteiger partial charge in [0.05, 0.1) is 0 Å². The van der Waals surface area contributed by atoms with E-state index in [0.29, 0.717) is 17.6 Å². The van der Waals surface area contributed by atoms with Crippen molar-refractivity contribution < 1.29 is 4.79 Å². The number of nitrogen functional groups attached to an aromatic ring is 1. The van der Waals surface area contributed by atoms with Gasteiger partial charge in [0.15, 0.2) is 11.5 Å². The monoisotopic (exact) mass is 249 g/mol. The zero-order valence-electron chi connectivity index (χ0n) is 10.6. The maximum Gasteiger partial charge on any atom is 0.274 e. The lowest BCUT2D eigenvalue weighted by molar-refractivity contribution is 0.0733. The number of unbranched alkanes of at least 4 members (excludes halogenated alkanes) is 1. The molecular formula is C12H19N5O. The van der Waals surface area contributed by atoms with Gasteiger partial charge in [0.2, 0.25) is 0 Å². The molecule has 1 aliphatic carbocycles. The van der Waals surface area contributed by atoms with Crippen LogP contribution in [0.25, 0.3) is 0 Å². The van der Waals surface area contributed by atoms with Crippen LogP contribution in [-0.2, 0) is 0 Å². The summed E-state index contributed by atoms with van der Waals surface area (Å²) >= 11 is 0. The van der Waals surface area contributed by atoms with Gasteiger partial charge in [-0.3, -0.25) is 4.79 Å². The SMILES string of the molecule is CCCCN(C(=O)c1ccc(NN)nn1)C1CC1. The zero-order chi connectivity index (χ0) is 13.0. The Bertz CT molecular complexity index is 401. The number of aromatic nitrogens is 2. The summed E-state index contributed by atoms with van der Waals surface area (Å²) in [6, 6.07) is 3.72. The Hall–Kier alpha value is -1.69. The Labute approximate surface area is 107 Å². The van der Waals surface area contributed by atoms with Crippen molar-refractivity contribution in [3.05, 3.63) is 17.8 Å². The normalized spacial score (nSPS) is 14.3. The molecule has 1 heterocycles. The summed E-state index contributed by atoms with van der Waals surface area (Å²) in [6.07, 6.45) is 4.31. The third-order valence-electron chi connectivity index (χ3n) is 3.03. The number of hydrazine groups is 1. The summed E-state index contributed by atoms with van der Waals surface area (Å²) in [7, 11) is 0. The number of amides is 1. The van der Waals surface area contributed by atoms with Crippen molar-refractivity contribution in [3.63, 3.8) is 0 Å². The summed E-state index contributed by atoms with van der Waals surface area (Å²) in [5, 5.41) is 7.73. The first kappa shape index (κ1) is 12.8. The second-order valence-electron chi connectivity index (χ2n) is 4.53. The first-order valence-corrected chi connectivity index (χ1v) is 6.37. The second-order valence-corrected chi connectivity index (χ2v) is 4.53. The van der Waals surface area contributed by atoms with E-state index in [-0.39, 0.29) is 5.91 Å². The van der Waals surface area contributed by atoms with Gasteiger partial charge in [-0.25, -0.2) is 5.84 Å². The predicted molar refractivity (Wildman–Crippen MR) is 68.8 cm³/mol. The highest BCUT2D eigenvalue weighted by molar-refractivity contribution is 5.92. The highest BCUT2D eigenvalue weighted by Gasteiger charge is 2.33. The quantitative estimate of drug-likeness (QED) is 0.584. The molecule has 1 aliphatic rings. The molecule has 0 unspecified atom stereocenters. The molecule has 0 aliphatic heterocycles. The van der Waals surface area contributed by atoms with E-state index in [1.807, 2.05) is 4.90 Å².